The SMILES string of the molecule is CCC1CC(Nc2cc(C(=O)O)ccc2F)CCO1. The van der Waals surface area contributed by atoms with E-state index >= 15 is 0 Å². The molecule has 0 spiro atoms. The highest BCUT2D eigenvalue weighted by atomic mass is 19.1. The highest BCUT2D eigenvalue weighted by Gasteiger charge is 2.22. The van der Waals surface area contributed by atoms with Crippen LogP contribution >= 0.6 is 0 Å². The third-order valence-electron chi connectivity index (χ3n) is 3.40. The number of anilines is 1. The molecule has 1 aromatic rings. The molecule has 0 aliphatic carbocycles. The third kappa shape index (κ3) is 3.44. The Hall–Kier alpha value is -1.62. The van der Waals surface area contributed by atoms with Crippen molar-refractivity contribution in [2.24, 2.45) is 0 Å². The lowest BCUT2D eigenvalue weighted by molar-refractivity contribution is 0.00920. The molecule has 104 valence electrons. The van der Waals surface area contributed by atoms with Gasteiger partial charge in [0.25, 0.3) is 0 Å². The predicted molar refractivity (Wildman–Crippen MR) is 70.0 cm³/mol. The van der Waals surface area contributed by atoms with E-state index in [9.17, 15) is 9.18 Å². The van der Waals surface area contributed by atoms with E-state index < -0.39 is 11.8 Å². The highest BCUT2D eigenvalue weighted by Crippen LogP contribution is 2.23. The standard InChI is InChI=1S/C14H18FNO3/c1-2-11-8-10(5-6-19-11)16-13-7-9(14(17)18)3-4-12(13)15/h3-4,7,10-11,16H,2,5-6,8H2,1H3,(H,17,18). The average Bonchev–Trinajstić information content (AvgIpc) is 2.41. The van der Waals surface area contributed by atoms with Gasteiger partial charge in [-0.2, -0.15) is 0 Å². The van der Waals surface area contributed by atoms with Crippen molar-refractivity contribution < 1.29 is 19.0 Å². The molecule has 2 N–H and O–H groups in total. The van der Waals surface area contributed by atoms with E-state index in [1.165, 1.54) is 18.2 Å². The number of carboxylic acid groups (broad SMARTS) is 1. The van der Waals surface area contributed by atoms with Gasteiger partial charge >= 0.3 is 5.97 Å². The maximum Gasteiger partial charge on any atom is 0.335 e. The Morgan fingerprint density at radius 1 is 1.58 bits per heavy atom. The Kier molecular flexibility index (Phi) is 4.37. The fourth-order valence-electron chi connectivity index (χ4n) is 2.28. The molecule has 0 saturated carbocycles. The van der Waals surface area contributed by atoms with Crippen LogP contribution in [0.1, 0.15) is 36.5 Å². The summed E-state index contributed by atoms with van der Waals surface area (Å²) in [7, 11) is 0. The lowest BCUT2D eigenvalue weighted by atomic mass is 10.0. The quantitative estimate of drug-likeness (QED) is 0.880. The van der Waals surface area contributed by atoms with E-state index in [0.29, 0.717) is 6.61 Å². The van der Waals surface area contributed by atoms with E-state index in [2.05, 4.69) is 12.2 Å². The summed E-state index contributed by atoms with van der Waals surface area (Å²) in [5, 5.41) is 12.0. The van der Waals surface area contributed by atoms with Crippen molar-refractivity contribution in [2.75, 3.05) is 11.9 Å². The van der Waals surface area contributed by atoms with Crippen LogP contribution in [-0.2, 0) is 4.74 Å². The molecule has 4 nitrogen and oxygen atoms in total. The second kappa shape index (κ2) is 6.02. The van der Waals surface area contributed by atoms with Crippen molar-refractivity contribution in [1.29, 1.82) is 0 Å². The van der Waals surface area contributed by atoms with E-state index in [1.807, 2.05) is 0 Å². The zero-order valence-corrected chi connectivity index (χ0v) is 10.9. The smallest absolute Gasteiger partial charge is 0.335 e. The van der Waals surface area contributed by atoms with Crippen molar-refractivity contribution in [1.82, 2.24) is 0 Å². The molecular weight excluding hydrogens is 249 g/mol. The summed E-state index contributed by atoms with van der Waals surface area (Å²) < 4.78 is 19.2. The normalized spacial score (nSPS) is 23.1. The van der Waals surface area contributed by atoms with Gasteiger partial charge in [0.2, 0.25) is 0 Å². The van der Waals surface area contributed by atoms with Gasteiger partial charge in [-0.15, -0.1) is 0 Å². The molecule has 1 aliphatic heterocycles. The summed E-state index contributed by atoms with van der Waals surface area (Å²) in [6.07, 6.45) is 2.73. The maximum atomic E-state index is 13.7. The minimum atomic E-state index is -1.05. The Morgan fingerprint density at radius 2 is 2.37 bits per heavy atom. The molecule has 2 unspecified atom stereocenters. The van der Waals surface area contributed by atoms with Crippen molar-refractivity contribution in [2.45, 2.75) is 38.3 Å². The summed E-state index contributed by atoms with van der Waals surface area (Å²) in [6.45, 7) is 2.70. The van der Waals surface area contributed by atoms with Crippen molar-refractivity contribution in [3.05, 3.63) is 29.6 Å². The molecule has 0 amide bonds. The van der Waals surface area contributed by atoms with Crippen LogP contribution in [0.2, 0.25) is 0 Å². The number of aromatic carboxylic acids is 1. The number of ether oxygens (including phenoxy) is 1. The fraction of sp³-hybridized carbons (Fsp3) is 0.500. The van der Waals surface area contributed by atoms with Gasteiger partial charge < -0.3 is 15.2 Å². The number of rotatable bonds is 4. The summed E-state index contributed by atoms with van der Waals surface area (Å²) in [6, 6.07) is 3.91. The molecule has 2 rings (SSSR count). The van der Waals surface area contributed by atoms with Crippen LogP contribution in [0.25, 0.3) is 0 Å². The molecule has 5 heteroatoms. The first-order valence-electron chi connectivity index (χ1n) is 6.51. The molecule has 0 aromatic heterocycles. The van der Waals surface area contributed by atoms with Gasteiger partial charge in [-0.1, -0.05) is 6.92 Å². The van der Waals surface area contributed by atoms with Crippen LogP contribution in [0, 0.1) is 5.82 Å². The Morgan fingerprint density at radius 3 is 3.05 bits per heavy atom. The number of nitrogens with one attached hydrogen (secondary N) is 1. The summed E-state index contributed by atoms with van der Waals surface area (Å²) in [4.78, 5) is 10.9. The maximum absolute atomic E-state index is 13.7. The van der Waals surface area contributed by atoms with Gasteiger partial charge in [-0.25, -0.2) is 9.18 Å². The molecule has 0 radical (unpaired) electrons. The lowest BCUT2D eigenvalue weighted by Gasteiger charge is -2.30. The Labute approximate surface area is 111 Å². The summed E-state index contributed by atoms with van der Waals surface area (Å²) in [5.41, 5.74) is 0.338. The van der Waals surface area contributed by atoms with Crippen LogP contribution in [0.3, 0.4) is 0 Å². The number of hydrogen-bond acceptors (Lipinski definition) is 3. The molecule has 0 bridgehead atoms. The minimum absolute atomic E-state index is 0.0861. The van der Waals surface area contributed by atoms with E-state index in [4.69, 9.17) is 9.84 Å². The number of carbonyl (C=O) groups is 1. The second-order valence-corrected chi connectivity index (χ2v) is 4.77. The predicted octanol–water partition coefficient (Wildman–Crippen LogP) is 2.89. The largest absolute Gasteiger partial charge is 0.478 e. The van der Waals surface area contributed by atoms with Crippen LogP contribution in [0.4, 0.5) is 10.1 Å². The van der Waals surface area contributed by atoms with Crippen molar-refractivity contribution >= 4 is 11.7 Å². The van der Waals surface area contributed by atoms with Crippen LogP contribution in [0.15, 0.2) is 18.2 Å². The van der Waals surface area contributed by atoms with E-state index in [0.717, 1.165) is 19.3 Å². The Bertz CT molecular complexity index is 464. The molecule has 1 aromatic carbocycles. The highest BCUT2D eigenvalue weighted by molar-refractivity contribution is 5.88. The fourth-order valence-corrected chi connectivity index (χ4v) is 2.28. The van der Waals surface area contributed by atoms with Gasteiger partial charge in [0.1, 0.15) is 5.82 Å². The molecular formula is C14H18FNO3. The van der Waals surface area contributed by atoms with Gasteiger partial charge in [0.05, 0.1) is 17.4 Å². The topological polar surface area (TPSA) is 58.6 Å². The van der Waals surface area contributed by atoms with Gasteiger partial charge in [0.15, 0.2) is 0 Å². The van der Waals surface area contributed by atoms with Gasteiger partial charge in [0, 0.05) is 12.6 Å². The molecule has 1 aliphatic rings. The van der Waals surface area contributed by atoms with Gasteiger partial charge in [-0.05, 0) is 37.5 Å². The van der Waals surface area contributed by atoms with Gasteiger partial charge in [-0.3, -0.25) is 0 Å². The first kappa shape index (κ1) is 13.8. The first-order chi connectivity index (χ1) is 9.10. The first-order valence-corrected chi connectivity index (χ1v) is 6.51. The number of carboxylic acids is 1. The third-order valence-corrected chi connectivity index (χ3v) is 3.40. The monoisotopic (exact) mass is 267 g/mol. The van der Waals surface area contributed by atoms with E-state index in [-0.39, 0.29) is 23.4 Å². The van der Waals surface area contributed by atoms with Crippen molar-refractivity contribution in [3.8, 4) is 0 Å². The Balaban J connectivity index is 2.09. The second-order valence-electron chi connectivity index (χ2n) is 4.77. The molecule has 1 fully saturated rings. The van der Waals surface area contributed by atoms with Crippen LogP contribution < -0.4 is 5.32 Å². The molecule has 2 atom stereocenters. The molecule has 19 heavy (non-hydrogen) atoms. The molecule has 1 saturated heterocycles. The lowest BCUT2D eigenvalue weighted by Crippen LogP contribution is -2.34. The summed E-state index contributed by atoms with van der Waals surface area (Å²) >= 11 is 0. The molecule has 1 heterocycles. The number of benzene rings is 1. The minimum Gasteiger partial charge on any atom is -0.478 e. The van der Waals surface area contributed by atoms with E-state index in [1.54, 1.807) is 0 Å². The summed E-state index contributed by atoms with van der Waals surface area (Å²) in [5.74, 6) is -1.48. The average molecular weight is 267 g/mol. The van der Waals surface area contributed by atoms with Crippen LogP contribution in [-0.4, -0.2) is 29.8 Å². The zero-order valence-electron chi connectivity index (χ0n) is 10.9. The number of halogens is 1. The van der Waals surface area contributed by atoms with Crippen LogP contribution in [0.5, 0.6) is 0 Å². The van der Waals surface area contributed by atoms with Crippen molar-refractivity contribution in [3.63, 3.8) is 0 Å². The number of hydrogen-bond donors (Lipinski definition) is 2. The zero-order chi connectivity index (χ0) is 13.8.